The summed E-state index contributed by atoms with van der Waals surface area (Å²) in [5.41, 5.74) is 0. The molecule has 12 heteroatoms. The molecule has 0 saturated carbocycles. The van der Waals surface area contributed by atoms with E-state index in [2.05, 4.69) is 93.7 Å². The summed E-state index contributed by atoms with van der Waals surface area (Å²) in [5.74, 6) is -1.50. The van der Waals surface area contributed by atoms with Crippen LogP contribution in [0.15, 0.2) is 72.9 Å². The Labute approximate surface area is 439 Å². The molecule has 0 amide bonds. The average Bonchev–Trinajstić information content (AvgIpc) is 3.37. The minimum absolute atomic E-state index is 0.144. The minimum atomic E-state index is -4.75. The molecule has 0 aromatic heterocycles. The van der Waals surface area contributed by atoms with Gasteiger partial charge in [0, 0.05) is 19.3 Å². The highest BCUT2D eigenvalue weighted by Crippen LogP contribution is 2.43. The SMILES string of the molecule is CC/C=C\C/C=C\C/C=C\CCCCCCCC(=O)OC(COC(=O)CCCCCCCC/C=C\C/C=C\C/C=C\CCCCC)COP(=O)(O)OCC(CO)OC(=O)CCCCCCCCCCCCC. The van der Waals surface area contributed by atoms with E-state index in [1.807, 2.05) is 0 Å². The molecule has 0 heterocycles. The van der Waals surface area contributed by atoms with Crippen molar-refractivity contribution in [2.45, 2.75) is 264 Å². The van der Waals surface area contributed by atoms with Gasteiger partial charge in [-0.25, -0.2) is 4.57 Å². The molecule has 0 saturated heterocycles. The second kappa shape index (κ2) is 54.2. The predicted molar refractivity (Wildman–Crippen MR) is 298 cm³/mol. The zero-order valence-electron chi connectivity index (χ0n) is 45.9. The molecule has 0 spiro atoms. The number of hydrogen-bond acceptors (Lipinski definition) is 10. The number of ether oxygens (including phenoxy) is 3. The van der Waals surface area contributed by atoms with Crippen LogP contribution in [0.4, 0.5) is 0 Å². The van der Waals surface area contributed by atoms with Crippen LogP contribution in [0, 0.1) is 0 Å². The molecule has 0 fully saturated rings. The van der Waals surface area contributed by atoms with Crippen LogP contribution in [0.25, 0.3) is 0 Å². The van der Waals surface area contributed by atoms with Crippen molar-refractivity contribution in [2.75, 3.05) is 26.4 Å². The van der Waals surface area contributed by atoms with Crippen molar-refractivity contribution in [3.63, 3.8) is 0 Å². The molecule has 3 unspecified atom stereocenters. The highest BCUT2D eigenvalue weighted by molar-refractivity contribution is 7.47. The fourth-order valence-corrected chi connectivity index (χ4v) is 8.51. The van der Waals surface area contributed by atoms with Gasteiger partial charge in [0.05, 0.1) is 19.8 Å². The Kier molecular flexibility index (Phi) is 51.9. The number of carbonyl (C=O) groups is 3. The summed E-state index contributed by atoms with van der Waals surface area (Å²) in [5, 5.41) is 9.79. The normalized spacial score (nSPS) is 13.9. The van der Waals surface area contributed by atoms with Gasteiger partial charge < -0.3 is 24.2 Å². The number of phosphoric ester groups is 1. The van der Waals surface area contributed by atoms with Crippen molar-refractivity contribution in [2.24, 2.45) is 0 Å². The maximum Gasteiger partial charge on any atom is 0.472 e. The number of allylic oxidation sites excluding steroid dienone is 12. The van der Waals surface area contributed by atoms with E-state index >= 15 is 0 Å². The van der Waals surface area contributed by atoms with Gasteiger partial charge in [0.1, 0.15) is 12.7 Å². The first-order valence-electron chi connectivity index (χ1n) is 28.8. The first kappa shape index (κ1) is 68.9. The molecular formula is C60H105O11P. The zero-order valence-corrected chi connectivity index (χ0v) is 46.8. The fraction of sp³-hybridized carbons (Fsp3) is 0.750. The van der Waals surface area contributed by atoms with Crippen molar-refractivity contribution in [1.29, 1.82) is 0 Å². The second-order valence-electron chi connectivity index (χ2n) is 19.1. The van der Waals surface area contributed by atoms with Gasteiger partial charge >= 0.3 is 25.7 Å². The van der Waals surface area contributed by atoms with Gasteiger partial charge in [-0.2, -0.15) is 0 Å². The van der Waals surface area contributed by atoms with E-state index < -0.39 is 57.8 Å². The van der Waals surface area contributed by atoms with E-state index in [4.69, 9.17) is 23.3 Å². The molecule has 0 aliphatic rings. The van der Waals surface area contributed by atoms with Gasteiger partial charge in [0.25, 0.3) is 0 Å². The van der Waals surface area contributed by atoms with Crippen LogP contribution >= 0.6 is 7.82 Å². The molecule has 72 heavy (non-hydrogen) atoms. The van der Waals surface area contributed by atoms with Gasteiger partial charge in [-0.15, -0.1) is 0 Å². The quantitative estimate of drug-likeness (QED) is 0.0197. The summed E-state index contributed by atoms with van der Waals surface area (Å²) in [6, 6.07) is 0. The molecule has 0 aliphatic heterocycles. The van der Waals surface area contributed by atoms with Crippen LogP contribution in [-0.4, -0.2) is 66.5 Å². The third kappa shape index (κ3) is 51.8. The number of esters is 3. The van der Waals surface area contributed by atoms with Crippen molar-refractivity contribution < 1.29 is 52.2 Å². The van der Waals surface area contributed by atoms with Gasteiger partial charge in [-0.05, 0) is 89.9 Å². The molecular weight excluding hydrogens is 928 g/mol. The van der Waals surface area contributed by atoms with Crippen molar-refractivity contribution in [1.82, 2.24) is 0 Å². The lowest BCUT2D eigenvalue weighted by Gasteiger charge is -2.21. The number of carbonyl (C=O) groups excluding carboxylic acids is 3. The zero-order chi connectivity index (χ0) is 52.7. The Balaban J connectivity index is 4.76. The van der Waals surface area contributed by atoms with Gasteiger partial charge in [-0.1, -0.05) is 216 Å². The molecule has 2 N–H and O–H groups in total. The van der Waals surface area contributed by atoms with Crippen molar-refractivity contribution in [3.8, 4) is 0 Å². The molecule has 0 radical (unpaired) electrons. The van der Waals surface area contributed by atoms with Crippen LogP contribution in [-0.2, 0) is 42.2 Å². The van der Waals surface area contributed by atoms with E-state index in [0.717, 1.165) is 122 Å². The molecule has 0 rings (SSSR count). The Morgan fingerprint density at radius 1 is 0.403 bits per heavy atom. The Bertz CT molecular complexity index is 1490. The Morgan fingerprint density at radius 2 is 0.722 bits per heavy atom. The van der Waals surface area contributed by atoms with Crippen molar-refractivity contribution >= 4 is 25.7 Å². The standard InChI is InChI=1S/C60H105O11P/c1-4-7-10-13-16-19-22-24-26-27-28-29-31-32-35-37-40-43-46-49-58(62)67-53-57(71-60(64)51-48-45-42-39-36-33-30-25-23-20-17-14-11-8-5-2)55-69-72(65,66)68-54-56(52-61)70-59(63)50-47-44-41-38-34-21-18-15-12-9-6-3/h8,11,16-17,19-20,24-26,28-30,56-57,61H,4-7,9-10,12-15,18,21-23,27,31-55H2,1-3H3,(H,65,66)/b11-8-,19-16-,20-17-,26-24-,29-28-,30-25-. The summed E-state index contributed by atoms with van der Waals surface area (Å²) in [4.78, 5) is 48.5. The molecule has 0 aliphatic carbocycles. The van der Waals surface area contributed by atoms with Crippen LogP contribution in [0.3, 0.4) is 0 Å². The number of aliphatic hydroxyl groups is 1. The van der Waals surface area contributed by atoms with Gasteiger partial charge in [0.15, 0.2) is 6.10 Å². The van der Waals surface area contributed by atoms with Gasteiger partial charge in [0.2, 0.25) is 0 Å². The minimum Gasteiger partial charge on any atom is -0.462 e. The van der Waals surface area contributed by atoms with E-state index in [0.29, 0.717) is 19.3 Å². The number of rotatable bonds is 53. The number of hydrogen-bond donors (Lipinski definition) is 2. The molecule has 416 valence electrons. The lowest BCUT2D eigenvalue weighted by atomic mass is 10.1. The lowest BCUT2D eigenvalue weighted by Crippen LogP contribution is -2.30. The number of unbranched alkanes of at least 4 members (excludes halogenated alkanes) is 24. The van der Waals surface area contributed by atoms with E-state index in [-0.39, 0.29) is 25.9 Å². The Hall–Kier alpha value is -3.08. The van der Waals surface area contributed by atoms with Gasteiger partial charge in [-0.3, -0.25) is 23.4 Å². The highest BCUT2D eigenvalue weighted by Gasteiger charge is 2.28. The third-order valence-electron chi connectivity index (χ3n) is 12.1. The molecule has 0 aromatic carbocycles. The van der Waals surface area contributed by atoms with Crippen LogP contribution in [0.1, 0.15) is 252 Å². The fourth-order valence-electron chi connectivity index (χ4n) is 7.73. The monoisotopic (exact) mass is 1030 g/mol. The first-order chi connectivity index (χ1) is 35.2. The maximum absolute atomic E-state index is 12.9. The first-order valence-corrected chi connectivity index (χ1v) is 30.3. The second-order valence-corrected chi connectivity index (χ2v) is 20.5. The van der Waals surface area contributed by atoms with Crippen LogP contribution in [0.5, 0.6) is 0 Å². The smallest absolute Gasteiger partial charge is 0.462 e. The summed E-state index contributed by atoms with van der Waals surface area (Å²) in [7, 11) is -4.75. The topological polar surface area (TPSA) is 155 Å². The summed E-state index contributed by atoms with van der Waals surface area (Å²) in [6.45, 7) is 4.47. The van der Waals surface area contributed by atoms with Crippen LogP contribution < -0.4 is 0 Å². The molecule has 11 nitrogen and oxygen atoms in total. The molecule has 0 aromatic rings. The molecule has 0 bridgehead atoms. The lowest BCUT2D eigenvalue weighted by molar-refractivity contribution is -0.161. The van der Waals surface area contributed by atoms with E-state index in [1.165, 1.54) is 70.6 Å². The third-order valence-corrected chi connectivity index (χ3v) is 13.1. The number of phosphoric acid groups is 1. The molecule has 3 atom stereocenters. The Morgan fingerprint density at radius 3 is 1.14 bits per heavy atom. The van der Waals surface area contributed by atoms with Crippen LogP contribution in [0.2, 0.25) is 0 Å². The summed E-state index contributed by atoms with van der Waals surface area (Å²) in [6.07, 6.45) is 60.0. The van der Waals surface area contributed by atoms with E-state index in [1.54, 1.807) is 0 Å². The maximum atomic E-state index is 12.9. The number of aliphatic hydroxyl groups excluding tert-OH is 1. The largest absolute Gasteiger partial charge is 0.472 e. The summed E-state index contributed by atoms with van der Waals surface area (Å²) >= 11 is 0. The highest BCUT2D eigenvalue weighted by atomic mass is 31.2. The average molecular weight is 1030 g/mol. The summed E-state index contributed by atoms with van der Waals surface area (Å²) < 4.78 is 39.5. The van der Waals surface area contributed by atoms with E-state index in [9.17, 15) is 28.9 Å². The predicted octanol–water partition coefficient (Wildman–Crippen LogP) is 16.9. The van der Waals surface area contributed by atoms with Crippen molar-refractivity contribution in [3.05, 3.63) is 72.9 Å².